The van der Waals surface area contributed by atoms with Crippen LogP contribution < -0.4 is 20.1 Å². The number of ether oxygens (including phenoxy) is 2. The van der Waals surface area contributed by atoms with Crippen LogP contribution in [-0.2, 0) is 12.7 Å². The van der Waals surface area contributed by atoms with E-state index in [4.69, 9.17) is 9.47 Å². The van der Waals surface area contributed by atoms with E-state index in [1.165, 1.54) is 20.3 Å². The van der Waals surface area contributed by atoms with Crippen LogP contribution in [-0.4, -0.2) is 30.7 Å². The van der Waals surface area contributed by atoms with Crippen molar-refractivity contribution in [2.75, 3.05) is 31.4 Å². The predicted octanol–water partition coefficient (Wildman–Crippen LogP) is 4.71. The SMILES string of the molecule is CCNc1nc(NCc2cccc(C(F)(F)F)c2)c2cc(OC)c(OC)cc2n1. The number of halogens is 3. The molecule has 0 amide bonds. The van der Waals surface area contributed by atoms with Crippen LogP contribution in [0.1, 0.15) is 18.1 Å². The highest BCUT2D eigenvalue weighted by atomic mass is 19.4. The van der Waals surface area contributed by atoms with Crippen molar-refractivity contribution in [1.82, 2.24) is 9.97 Å². The van der Waals surface area contributed by atoms with Crippen LogP contribution in [0.5, 0.6) is 11.5 Å². The van der Waals surface area contributed by atoms with E-state index in [0.717, 1.165) is 12.1 Å². The van der Waals surface area contributed by atoms with Crippen LogP contribution in [0.15, 0.2) is 36.4 Å². The van der Waals surface area contributed by atoms with Gasteiger partial charge >= 0.3 is 6.18 Å². The third-order valence-corrected chi connectivity index (χ3v) is 4.25. The molecule has 3 aromatic rings. The molecule has 0 aliphatic carbocycles. The molecular formula is C20H21F3N4O2. The summed E-state index contributed by atoms with van der Waals surface area (Å²) < 4.78 is 49.5. The van der Waals surface area contributed by atoms with Crippen LogP contribution in [0.25, 0.3) is 10.9 Å². The monoisotopic (exact) mass is 406 g/mol. The van der Waals surface area contributed by atoms with Crippen molar-refractivity contribution < 1.29 is 22.6 Å². The molecule has 0 atom stereocenters. The number of alkyl halides is 3. The number of nitrogens with zero attached hydrogens (tertiary/aromatic N) is 2. The van der Waals surface area contributed by atoms with Gasteiger partial charge < -0.3 is 20.1 Å². The number of benzene rings is 2. The molecule has 0 bridgehead atoms. The molecule has 6 nitrogen and oxygen atoms in total. The number of methoxy groups -OCH3 is 2. The van der Waals surface area contributed by atoms with Gasteiger partial charge in [0.15, 0.2) is 11.5 Å². The van der Waals surface area contributed by atoms with Gasteiger partial charge in [-0.1, -0.05) is 12.1 Å². The van der Waals surface area contributed by atoms with Gasteiger partial charge in [-0.15, -0.1) is 0 Å². The molecule has 2 aromatic carbocycles. The van der Waals surface area contributed by atoms with Crippen LogP contribution in [0.2, 0.25) is 0 Å². The zero-order chi connectivity index (χ0) is 21.0. The van der Waals surface area contributed by atoms with E-state index >= 15 is 0 Å². The Balaban J connectivity index is 1.99. The van der Waals surface area contributed by atoms with E-state index in [1.54, 1.807) is 18.2 Å². The lowest BCUT2D eigenvalue weighted by molar-refractivity contribution is -0.137. The predicted molar refractivity (Wildman–Crippen MR) is 106 cm³/mol. The minimum absolute atomic E-state index is 0.163. The maximum Gasteiger partial charge on any atom is 0.416 e. The Morgan fingerprint density at radius 2 is 1.69 bits per heavy atom. The van der Waals surface area contributed by atoms with E-state index in [-0.39, 0.29) is 6.54 Å². The minimum Gasteiger partial charge on any atom is -0.493 e. The molecule has 0 aliphatic heterocycles. The highest BCUT2D eigenvalue weighted by molar-refractivity contribution is 5.92. The Kier molecular flexibility index (Phi) is 5.95. The average molecular weight is 406 g/mol. The molecule has 0 saturated heterocycles. The first-order valence-electron chi connectivity index (χ1n) is 8.93. The Morgan fingerprint density at radius 1 is 0.966 bits per heavy atom. The van der Waals surface area contributed by atoms with Crippen LogP contribution in [0.4, 0.5) is 24.9 Å². The molecule has 1 heterocycles. The number of aromatic nitrogens is 2. The second-order valence-electron chi connectivity index (χ2n) is 6.20. The van der Waals surface area contributed by atoms with Gasteiger partial charge in [0.25, 0.3) is 0 Å². The molecule has 0 radical (unpaired) electrons. The van der Waals surface area contributed by atoms with Gasteiger partial charge in [0.05, 0.1) is 25.3 Å². The molecule has 9 heteroatoms. The van der Waals surface area contributed by atoms with E-state index in [2.05, 4.69) is 20.6 Å². The minimum atomic E-state index is -4.39. The number of hydrogen-bond donors (Lipinski definition) is 2. The fraction of sp³-hybridized carbons (Fsp3) is 0.300. The summed E-state index contributed by atoms with van der Waals surface area (Å²) in [5, 5.41) is 6.83. The second kappa shape index (κ2) is 8.42. The summed E-state index contributed by atoms with van der Waals surface area (Å²) in [6.07, 6.45) is -4.39. The van der Waals surface area contributed by atoms with E-state index in [9.17, 15) is 13.2 Å². The second-order valence-corrected chi connectivity index (χ2v) is 6.20. The molecule has 29 heavy (non-hydrogen) atoms. The number of anilines is 2. The molecule has 0 aliphatic rings. The molecule has 0 fully saturated rings. The smallest absolute Gasteiger partial charge is 0.416 e. The first-order chi connectivity index (χ1) is 13.9. The van der Waals surface area contributed by atoms with Crippen molar-refractivity contribution in [3.8, 4) is 11.5 Å². The Hall–Kier alpha value is -3.23. The van der Waals surface area contributed by atoms with E-state index in [1.807, 2.05) is 6.92 Å². The van der Waals surface area contributed by atoms with E-state index < -0.39 is 11.7 Å². The summed E-state index contributed by atoms with van der Waals surface area (Å²) in [6, 6.07) is 8.63. The zero-order valence-electron chi connectivity index (χ0n) is 16.2. The summed E-state index contributed by atoms with van der Waals surface area (Å²) >= 11 is 0. The summed E-state index contributed by atoms with van der Waals surface area (Å²) in [5.41, 5.74) is 0.404. The third-order valence-electron chi connectivity index (χ3n) is 4.25. The molecule has 0 unspecified atom stereocenters. The summed E-state index contributed by atoms with van der Waals surface area (Å²) in [5.74, 6) is 1.90. The van der Waals surface area contributed by atoms with Crippen molar-refractivity contribution in [2.45, 2.75) is 19.6 Å². The van der Waals surface area contributed by atoms with E-state index in [0.29, 0.717) is 46.3 Å². The highest BCUT2D eigenvalue weighted by Crippen LogP contribution is 2.35. The van der Waals surface area contributed by atoms with Crippen molar-refractivity contribution >= 4 is 22.7 Å². The van der Waals surface area contributed by atoms with Gasteiger partial charge in [-0.2, -0.15) is 18.2 Å². The Bertz CT molecular complexity index is 1010. The maximum absolute atomic E-state index is 13.0. The van der Waals surface area contributed by atoms with Gasteiger partial charge in [-0.25, -0.2) is 4.98 Å². The van der Waals surface area contributed by atoms with Crippen molar-refractivity contribution in [2.24, 2.45) is 0 Å². The fourth-order valence-electron chi connectivity index (χ4n) is 2.87. The van der Waals surface area contributed by atoms with Crippen molar-refractivity contribution in [1.29, 1.82) is 0 Å². The first kappa shape index (κ1) is 20.5. The summed E-state index contributed by atoms with van der Waals surface area (Å²) in [6.45, 7) is 2.69. The van der Waals surface area contributed by atoms with Gasteiger partial charge in [-0.3, -0.25) is 0 Å². The third kappa shape index (κ3) is 4.61. The molecule has 1 aromatic heterocycles. The normalized spacial score (nSPS) is 11.4. The summed E-state index contributed by atoms with van der Waals surface area (Å²) in [7, 11) is 3.05. The molecule has 0 saturated carbocycles. The fourth-order valence-corrected chi connectivity index (χ4v) is 2.87. The standard InChI is InChI=1S/C20H21F3N4O2/c1-4-24-19-26-15-10-17(29-3)16(28-2)9-14(15)18(27-19)25-11-12-6-5-7-13(8-12)20(21,22)23/h5-10H,4,11H2,1-3H3,(H2,24,25,26,27). The largest absolute Gasteiger partial charge is 0.493 e. The number of nitrogens with one attached hydrogen (secondary N) is 2. The molecule has 154 valence electrons. The van der Waals surface area contributed by atoms with Crippen LogP contribution in [0, 0.1) is 0 Å². The molecule has 0 spiro atoms. The number of hydrogen-bond acceptors (Lipinski definition) is 6. The summed E-state index contributed by atoms with van der Waals surface area (Å²) in [4.78, 5) is 8.92. The lowest BCUT2D eigenvalue weighted by atomic mass is 10.1. The lowest BCUT2D eigenvalue weighted by Crippen LogP contribution is -2.09. The van der Waals surface area contributed by atoms with Crippen molar-refractivity contribution in [3.63, 3.8) is 0 Å². The van der Waals surface area contributed by atoms with Crippen LogP contribution in [0.3, 0.4) is 0 Å². The maximum atomic E-state index is 13.0. The molecule has 2 N–H and O–H groups in total. The number of fused-ring (bicyclic) bond motifs is 1. The van der Waals surface area contributed by atoms with Crippen LogP contribution >= 0.6 is 0 Å². The lowest BCUT2D eigenvalue weighted by Gasteiger charge is -2.14. The topological polar surface area (TPSA) is 68.3 Å². The molecular weight excluding hydrogens is 385 g/mol. The number of rotatable bonds is 7. The quantitative estimate of drug-likeness (QED) is 0.592. The van der Waals surface area contributed by atoms with Crippen molar-refractivity contribution in [3.05, 3.63) is 47.5 Å². The molecule has 3 rings (SSSR count). The average Bonchev–Trinajstić information content (AvgIpc) is 2.70. The Morgan fingerprint density at radius 3 is 2.34 bits per heavy atom. The zero-order valence-corrected chi connectivity index (χ0v) is 16.2. The van der Waals surface area contributed by atoms with Gasteiger partial charge in [0, 0.05) is 24.5 Å². The Labute approximate surface area is 166 Å². The highest BCUT2D eigenvalue weighted by Gasteiger charge is 2.30. The van der Waals surface area contributed by atoms with Gasteiger partial charge in [0.1, 0.15) is 5.82 Å². The van der Waals surface area contributed by atoms with Gasteiger partial charge in [-0.05, 0) is 30.7 Å². The first-order valence-corrected chi connectivity index (χ1v) is 8.93. The van der Waals surface area contributed by atoms with Gasteiger partial charge in [0.2, 0.25) is 5.95 Å².